The monoisotopic (exact) mass is 492 g/mol. The summed E-state index contributed by atoms with van der Waals surface area (Å²) < 4.78 is 35.4. The smallest absolute Gasteiger partial charge is 0.375 e. The minimum absolute atomic E-state index is 0.180. The Balaban J connectivity index is 1.78. The average Bonchev–Trinajstić information content (AvgIpc) is 2.69. The van der Waals surface area contributed by atoms with E-state index < -0.39 is 26.0 Å². The normalized spacial score (nSPS) is 18.4. The topological polar surface area (TPSA) is 71.1 Å². The number of hydrogen-bond donors (Lipinski definition) is 0. The van der Waals surface area contributed by atoms with Crippen molar-refractivity contribution in [1.82, 2.24) is 0 Å². The summed E-state index contributed by atoms with van der Waals surface area (Å²) in [6.07, 6.45) is 0. The first-order chi connectivity index (χ1) is 14.1. The number of esters is 1. The highest BCUT2D eigenvalue weighted by Crippen LogP contribution is 2.65. The predicted octanol–water partition coefficient (Wildman–Crippen LogP) is 6.53. The van der Waals surface area contributed by atoms with Crippen LogP contribution in [0.15, 0.2) is 42.5 Å². The molecule has 0 bridgehead atoms. The van der Waals surface area contributed by atoms with Gasteiger partial charge in [-0.1, -0.05) is 66.8 Å². The summed E-state index contributed by atoms with van der Waals surface area (Å²) in [6, 6.07) is 11.2. The molecule has 0 aliphatic carbocycles. The molecule has 2 aromatic rings. The lowest BCUT2D eigenvalue weighted by molar-refractivity contribution is -0.149. The van der Waals surface area contributed by atoms with Crippen LogP contribution in [-0.2, 0) is 23.1 Å². The fourth-order valence-electron chi connectivity index (χ4n) is 2.60. The largest absolute Gasteiger partial charge is 0.480 e. The van der Waals surface area contributed by atoms with Crippen LogP contribution in [0.5, 0.6) is 5.75 Å². The van der Waals surface area contributed by atoms with E-state index in [1.54, 1.807) is 30.3 Å². The minimum atomic E-state index is -3.84. The third-order valence-corrected chi connectivity index (χ3v) is 7.02. The molecule has 1 atom stereocenters. The van der Waals surface area contributed by atoms with Gasteiger partial charge in [-0.05, 0) is 24.3 Å². The molecule has 0 radical (unpaired) electrons. The highest BCUT2D eigenvalue weighted by atomic mass is 35.5. The van der Waals surface area contributed by atoms with Gasteiger partial charge >= 0.3 is 13.6 Å². The van der Waals surface area contributed by atoms with Crippen LogP contribution in [0.4, 0.5) is 0 Å². The second-order valence-corrected chi connectivity index (χ2v) is 10.8. The lowest BCUT2D eigenvalue weighted by Crippen LogP contribution is -2.31. The van der Waals surface area contributed by atoms with Crippen molar-refractivity contribution < 1.29 is 27.9 Å². The van der Waals surface area contributed by atoms with Gasteiger partial charge in [0.2, 0.25) is 5.85 Å². The highest BCUT2D eigenvalue weighted by Gasteiger charge is 2.46. The van der Waals surface area contributed by atoms with Gasteiger partial charge in [0, 0.05) is 21.0 Å². The van der Waals surface area contributed by atoms with E-state index in [4.69, 9.17) is 53.3 Å². The SMILES string of the molecule is CC1(C)COP(=O)(C(OC(=O)COc2ccc(Cl)cc2Cl)c2ccccc2Cl)OC1. The van der Waals surface area contributed by atoms with Gasteiger partial charge in [-0.25, -0.2) is 4.79 Å². The molecule has 1 fully saturated rings. The van der Waals surface area contributed by atoms with Crippen LogP contribution in [0, 0.1) is 5.41 Å². The van der Waals surface area contributed by atoms with E-state index in [0.29, 0.717) is 10.6 Å². The molecule has 0 saturated carbocycles. The van der Waals surface area contributed by atoms with Gasteiger partial charge in [0.25, 0.3) is 0 Å². The molecule has 0 N–H and O–H groups in total. The number of carbonyl (C=O) groups excluding carboxylic acids is 1. The van der Waals surface area contributed by atoms with E-state index >= 15 is 0 Å². The third-order valence-electron chi connectivity index (χ3n) is 4.21. The van der Waals surface area contributed by atoms with Gasteiger partial charge in [-0.15, -0.1) is 0 Å². The summed E-state index contributed by atoms with van der Waals surface area (Å²) in [5, 5.41) is 0.942. The maximum Gasteiger partial charge on any atom is 0.375 e. The summed E-state index contributed by atoms with van der Waals surface area (Å²) in [5.74, 6) is -1.87. The molecule has 10 heteroatoms. The Hall–Kier alpha value is -1.27. The van der Waals surface area contributed by atoms with Gasteiger partial charge in [0.15, 0.2) is 6.61 Å². The fraction of sp³-hybridized carbons (Fsp3) is 0.350. The summed E-state index contributed by atoms with van der Waals surface area (Å²) in [6.45, 7) is 3.71. The van der Waals surface area contributed by atoms with Crippen molar-refractivity contribution in [3.05, 3.63) is 63.1 Å². The van der Waals surface area contributed by atoms with Gasteiger partial charge in [0.1, 0.15) is 5.75 Å². The Morgan fingerprint density at radius 2 is 1.77 bits per heavy atom. The highest BCUT2D eigenvalue weighted by molar-refractivity contribution is 7.54. The first kappa shape index (κ1) is 23.4. The van der Waals surface area contributed by atoms with E-state index in [-0.39, 0.29) is 34.4 Å². The predicted molar refractivity (Wildman–Crippen MR) is 116 cm³/mol. The Kier molecular flexibility index (Phi) is 7.39. The molecular weight excluding hydrogens is 474 g/mol. The first-order valence-corrected chi connectivity index (χ1v) is 11.7. The molecule has 30 heavy (non-hydrogen) atoms. The molecule has 1 saturated heterocycles. The van der Waals surface area contributed by atoms with E-state index in [9.17, 15) is 9.36 Å². The number of hydrogen-bond acceptors (Lipinski definition) is 6. The Morgan fingerprint density at radius 3 is 2.40 bits per heavy atom. The van der Waals surface area contributed by atoms with Crippen LogP contribution in [0.25, 0.3) is 0 Å². The lowest BCUT2D eigenvalue weighted by Gasteiger charge is -2.37. The van der Waals surface area contributed by atoms with E-state index in [1.807, 2.05) is 13.8 Å². The molecule has 0 aromatic heterocycles. The molecule has 1 aliphatic heterocycles. The number of benzene rings is 2. The fourth-order valence-corrected chi connectivity index (χ4v) is 5.60. The molecule has 3 rings (SSSR count). The van der Waals surface area contributed by atoms with Crippen molar-refractivity contribution in [2.24, 2.45) is 5.41 Å². The zero-order chi connectivity index (χ0) is 21.9. The van der Waals surface area contributed by atoms with Gasteiger partial charge < -0.3 is 18.5 Å². The summed E-state index contributed by atoms with van der Waals surface area (Å²) in [4.78, 5) is 12.5. The molecule has 6 nitrogen and oxygen atoms in total. The van der Waals surface area contributed by atoms with Crippen LogP contribution in [0.3, 0.4) is 0 Å². The van der Waals surface area contributed by atoms with E-state index in [2.05, 4.69) is 0 Å². The van der Waals surface area contributed by atoms with Gasteiger partial charge in [0.05, 0.1) is 18.2 Å². The van der Waals surface area contributed by atoms with Crippen molar-refractivity contribution in [3.8, 4) is 5.75 Å². The van der Waals surface area contributed by atoms with E-state index in [1.165, 1.54) is 12.1 Å². The van der Waals surface area contributed by atoms with E-state index in [0.717, 1.165) is 0 Å². The van der Waals surface area contributed by atoms with Crippen LogP contribution in [0.2, 0.25) is 15.1 Å². The molecular formula is C20H20Cl3O6P. The zero-order valence-electron chi connectivity index (χ0n) is 16.3. The van der Waals surface area contributed by atoms with Crippen molar-refractivity contribution in [1.29, 1.82) is 0 Å². The molecule has 1 heterocycles. The maximum atomic E-state index is 13.4. The molecule has 2 aromatic carbocycles. The maximum absolute atomic E-state index is 13.4. The van der Waals surface area contributed by atoms with Gasteiger partial charge in [-0.2, -0.15) is 0 Å². The summed E-state index contributed by atoms with van der Waals surface area (Å²) in [5.41, 5.74) is -0.00251. The Bertz CT molecular complexity index is 967. The van der Waals surface area contributed by atoms with Gasteiger partial charge in [-0.3, -0.25) is 4.57 Å². The second-order valence-electron chi connectivity index (χ2n) is 7.48. The molecule has 0 spiro atoms. The molecule has 1 aliphatic rings. The zero-order valence-corrected chi connectivity index (χ0v) is 19.4. The van der Waals surface area contributed by atoms with Crippen molar-refractivity contribution in [2.75, 3.05) is 19.8 Å². The minimum Gasteiger partial charge on any atom is -0.480 e. The third kappa shape index (κ3) is 5.70. The first-order valence-electron chi connectivity index (χ1n) is 9.00. The molecule has 0 amide bonds. The summed E-state index contributed by atoms with van der Waals surface area (Å²) >= 11 is 18.2. The number of rotatable bonds is 6. The van der Waals surface area contributed by atoms with Crippen LogP contribution in [0.1, 0.15) is 25.3 Å². The van der Waals surface area contributed by atoms with Crippen molar-refractivity contribution in [3.63, 3.8) is 0 Å². The number of ether oxygens (including phenoxy) is 2. The number of halogens is 3. The van der Waals surface area contributed by atoms with Crippen LogP contribution < -0.4 is 4.74 Å². The molecule has 1 unspecified atom stereocenters. The quantitative estimate of drug-likeness (QED) is 0.336. The lowest BCUT2D eigenvalue weighted by atomic mass is 9.97. The van der Waals surface area contributed by atoms with Crippen molar-refractivity contribution >= 4 is 48.4 Å². The van der Waals surface area contributed by atoms with Crippen molar-refractivity contribution in [2.45, 2.75) is 19.7 Å². The Morgan fingerprint density at radius 1 is 1.10 bits per heavy atom. The average molecular weight is 494 g/mol. The Labute approximate surface area is 189 Å². The van der Waals surface area contributed by atoms with Crippen LogP contribution in [-0.4, -0.2) is 25.8 Å². The molecule has 162 valence electrons. The van der Waals surface area contributed by atoms with Crippen LogP contribution >= 0.6 is 42.4 Å². The summed E-state index contributed by atoms with van der Waals surface area (Å²) in [7, 11) is -3.84. The second kappa shape index (κ2) is 9.47. The number of carbonyl (C=O) groups is 1. The standard InChI is InChI=1S/C20H20Cl3O6P/c1-20(2)11-27-30(25,28-12-20)19(14-5-3-4-6-15(14)22)29-18(24)10-26-17-8-7-13(21)9-16(17)23/h3-9,19H,10-12H2,1-2H3.